The second kappa shape index (κ2) is 11.6. The number of nitrogens with two attached hydrogens (primary N) is 1. The summed E-state index contributed by atoms with van der Waals surface area (Å²) < 4.78 is 15.9. The summed E-state index contributed by atoms with van der Waals surface area (Å²) in [5.74, 6) is 0.837. The molecule has 3 N–H and O–H groups in total. The summed E-state index contributed by atoms with van der Waals surface area (Å²) in [6, 6.07) is 14.4. The van der Waals surface area contributed by atoms with Crippen LogP contribution in [-0.2, 0) is 20.9 Å². The fourth-order valence-electron chi connectivity index (χ4n) is 2.69. The maximum absolute atomic E-state index is 12.8. The van der Waals surface area contributed by atoms with Crippen molar-refractivity contribution >= 4 is 22.1 Å². The lowest BCUT2D eigenvalue weighted by Crippen LogP contribution is -2.49. The number of carbonyl (C=O) groups excluding carboxylic acids is 2. The molecule has 170 valence electrons. The van der Waals surface area contributed by atoms with Crippen LogP contribution in [0.4, 0.5) is 4.79 Å². The first-order valence-corrected chi connectivity index (χ1v) is 12.9. The summed E-state index contributed by atoms with van der Waals surface area (Å²) in [4.78, 5) is 25.2. The molecule has 0 aliphatic rings. The highest BCUT2D eigenvalue weighted by molar-refractivity contribution is 8.32. The van der Waals surface area contributed by atoms with E-state index in [0.29, 0.717) is 11.3 Å². The van der Waals surface area contributed by atoms with Crippen molar-refractivity contribution in [3.05, 3.63) is 65.7 Å². The molecule has 0 radical (unpaired) electrons. The predicted molar refractivity (Wildman–Crippen MR) is 125 cm³/mol. The van der Waals surface area contributed by atoms with E-state index in [4.69, 9.17) is 19.9 Å². The van der Waals surface area contributed by atoms with Crippen LogP contribution in [0, 0.1) is 0 Å². The molecule has 0 aliphatic carbocycles. The Morgan fingerprint density at radius 1 is 1.00 bits per heavy atom. The topological polar surface area (TPSA) is 99.9 Å². The number of hydrogen-bond donors (Lipinski definition) is 2. The van der Waals surface area contributed by atoms with Crippen molar-refractivity contribution in [2.45, 2.75) is 18.7 Å². The molecular formula is C23H32N2O5S. The van der Waals surface area contributed by atoms with E-state index in [9.17, 15) is 9.59 Å². The van der Waals surface area contributed by atoms with E-state index in [1.807, 2.05) is 30.3 Å². The number of benzene rings is 2. The summed E-state index contributed by atoms with van der Waals surface area (Å²) in [5, 5.41) is 2.58. The zero-order valence-electron chi connectivity index (χ0n) is 18.5. The normalized spacial score (nSPS) is 13.6. The van der Waals surface area contributed by atoms with Gasteiger partial charge in [-0.3, -0.25) is 0 Å². The number of carbonyl (C=O) groups is 2. The Morgan fingerprint density at radius 3 is 2.23 bits per heavy atom. The minimum Gasteiger partial charge on any atom is -0.497 e. The number of ether oxygens (including phenoxy) is 3. The van der Waals surface area contributed by atoms with Crippen LogP contribution in [0.2, 0.25) is 0 Å². The molecule has 1 amide bonds. The molecule has 0 fully saturated rings. The molecule has 2 atom stereocenters. The number of rotatable bonds is 10. The number of esters is 1. The summed E-state index contributed by atoms with van der Waals surface area (Å²) >= 11 is 0. The minimum absolute atomic E-state index is 0.0829. The summed E-state index contributed by atoms with van der Waals surface area (Å²) in [6.07, 6.45) is 5.68. The molecule has 0 bridgehead atoms. The van der Waals surface area contributed by atoms with Gasteiger partial charge in [-0.05, 0) is 42.0 Å². The average Bonchev–Trinajstić information content (AvgIpc) is 2.75. The van der Waals surface area contributed by atoms with Crippen molar-refractivity contribution in [3.63, 3.8) is 0 Å². The number of nitrogens with one attached hydrogen (secondary N) is 1. The second-order valence-corrected chi connectivity index (χ2v) is 12.5. The molecule has 7 nitrogen and oxygen atoms in total. The standard InChI is InChI=1S/C23H32N2O5S/c1-28-19-12-10-18(11-13-19)20(24)21(22(26)29-14-15-31(2,3)4)25-23(27)30-16-17-8-6-5-7-9-17/h5-13,20-21H,14-16,24H2,1-4H3,(H,25,27). The first-order valence-electron chi connectivity index (χ1n) is 9.89. The van der Waals surface area contributed by atoms with Crippen molar-refractivity contribution in [1.29, 1.82) is 0 Å². The molecule has 2 rings (SSSR count). The van der Waals surface area contributed by atoms with E-state index in [1.54, 1.807) is 31.4 Å². The van der Waals surface area contributed by atoms with Gasteiger partial charge in [-0.25, -0.2) is 19.6 Å². The quantitative estimate of drug-likeness (QED) is 0.542. The molecule has 2 unspecified atom stereocenters. The van der Waals surface area contributed by atoms with Crippen LogP contribution in [0.15, 0.2) is 54.6 Å². The summed E-state index contributed by atoms with van der Waals surface area (Å²) in [5.41, 5.74) is 7.84. The van der Waals surface area contributed by atoms with E-state index in [1.165, 1.54) is 0 Å². The molecule has 0 spiro atoms. The second-order valence-electron chi connectivity index (χ2n) is 7.95. The predicted octanol–water partition coefficient (Wildman–Crippen LogP) is 3.23. The van der Waals surface area contributed by atoms with E-state index in [-0.39, 0.29) is 13.2 Å². The van der Waals surface area contributed by atoms with Crippen LogP contribution in [0.25, 0.3) is 0 Å². The molecule has 8 heteroatoms. The van der Waals surface area contributed by atoms with Gasteiger partial charge in [0.1, 0.15) is 18.4 Å². The van der Waals surface area contributed by atoms with E-state index in [2.05, 4.69) is 24.1 Å². The van der Waals surface area contributed by atoms with Gasteiger partial charge in [0.05, 0.1) is 19.8 Å². The number of methoxy groups -OCH3 is 1. The minimum atomic E-state index is -1.09. The zero-order chi connectivity index (χ0) is 22.9. The molecule has 0 aromatic heterocycles. The van der Waals surface area contributed by atoms with Crippen molar-refractivity contribution in [1.82, 2.24) is 5.32 Å². The highest BCUT2D eigenvalue weighted by atomic mass is 32.3. The van der Waals surface area contributed by atoms with Gasteiger partial charge in [0.25, 0.3) is 0 Å². The first-order chi connectivity index (χ1) is 14.7. The zero-order valence-corrected chi connectivity index (χ0v) is 19.3. The Morgan fingerprint density at radius 2 is 1.65 bits per heavy atom. The van der Waals surface area contributed by atoms with Crippen LogP contribution in [0.5, 0.6) is 5.75 Å². The fourth-order valence-corrected chi connectivity index (χ4v) is 3.27. The van der Waals surface area contributed by atoms with Gasteiger partial charge >= 0.3 is 12.1 Å². The third-order valence-corrected chi connectivity index (χ3v) is 5.93. The van der Waals surface area contributed by atoms with Crippen molar-refractivity contribution in [2.24, 2.45) is 5.73 Å². The molecule has 2 aromatic carbocycles. The van der Waals surface area contributed by atoms with Crippen molar-refractivity contribution in [2.75, 3.05) is 38.2 Å². The Hall–Kier alpha value is -2.71. The van der Waals surface area contributed by atoms with Crippen LogP contribution in [0.3, 0.4) is 0 Å². The summed E-state index contributed by atoms with van der Waals surface area (Å²) in [7, 11) is 0.744. The van der Waals surface area contributed by atoms with E-state index < -0.39 is 34.2 Å². The maximum atomic E-state index is 12.8. The maximum Gasteiger partial charge on any atom is 0.408 e. The lowest BCUT2D eigenvalue weighted by atomic mass is 10.00. The van der Waals surface area contributed by atoms with Crippen LogP contribution >= 0.6 is 10.0 Å². The lowest BCUT2D eigenvalue weighted by molar-refractivity contribution is -0.146. The Kier molecular flexibility index (Phi) is 9.21. The van der Waals surface area contributed by atoms with Crippen LogP contribution in [0.1, 0.15) is 17.2 Å². The van der Waals surface area contributed by atoms with Gasteiger partial charge in [-0.1, -0.05) is 42.5 Å². The first kappa shape index (κ1) is 24.6. The van der Waals surface area contributed by atoms with Gasteiger partial charge < -0.3 is 25.3 Å². The lowest BCUT2D eigenvalue weighted by Gasteiger charge is -2.27. The molecule has 0 aliphatic heterocycles. The van der Waals surface area contributed by atoms with E-state index in [0.717, 1.165) is 11.3 Å². The Bertz CT molecular complexity index is 837. The van der Waals surface area contributed by atoms with Gasteiger partial charge in [-0.2, -0.15) is 0 Å². The number of hydrogen-bond acceptors (Lipinski definition) is 6. The van der Waals surface area contributed by atoms with E-state index >= 15 is 0 Å². The number of amides is 1. The number of alkyl carbamates (subject to hydrolysis) is 1. The largest absolute Gasteiger partial charge is 0.497 e. The smallest absolute Gasteiger partial charge is 0.408 e. The highest BCUT2D eigenvalue weighted by Crippen LogP contribution is 2.33. The Balaban J connectivity index is 2.07. The highest BCUT2D eigenvalue weighted by Gasteiger charge is 2.31. The van der Waals surface area contributed by atoms with Gasteiger partial charge in [0, 0.05) is 5.75 Å². The monoisotopic (exact) mass is 448 g/mol. The molecular weight excluding hydrogens is 416 g/mol. The Labute approximate surface area is 185 Å². The average molecular weight is 449 g/mol. The van der Waals surface area contributed by atoms with Crippen LogP contribution < -0.4 is 15.8 Å². The third-order valence-electron chi connectivity index (χ3n) is 4.54. The third kappa shape index (κ3) is 8.51. The van der Waals surface area contributed by atoms with Gasteiger partial charge in [0.2, 0.25) is 0 Å². The molecule has 0 heterocycles. The fraction of sp³-hybridized carbons (Fsp3) is 0.391. The molecule has 2 aromatic rings. The molecule has 0 saturated heterocycles. The van der Waals surface area contributed by atoms with Gasteiger partial charge in [0.15, 0.2) is 0 Å². The van der Waals surface area contributed by atoms with Crippen molar-refractivity contribution in [3.8, 4) is 5.75 Å². The van der Waals surface area contributed by atoms with Crippen molar-refractivity contribution < 1.29 is 23.8 Å². The molecule has 0 saturated carbocycles. The SMILES string of the molecule is COc1ccc(C(N)C(NC(=O)OCc2ccccc2)C(=O)OCCS(C)(C)C)cc1. The molecule has 31 heavy (non-hydrogen) atoms. The van der Waals surface area contributed by atoms with Gasteiger partial charge in [-0.15, -0.1) is 0 Å². The summed E-state index contributed by atoms with van der Waals surface area (Å²) in [6.45, 7) is 0.351. The van der Waals surface area contributed by atoms with Crippen LogP contribution in [-0.4, -0.2) is 56.3 Å².